The minimum absolute atomic E-state index is 0.0852. The highest BCUT2D eigenvalue weighted by molar-refractivity contribution is 5.58. The highest BCUT2D eigenvalue weighted by Gasteiger charge is 2.32. The average Bonchev–Trinajstić information content (AvgIpc) is 2.90. The van der Waals surface area contributed by atoms with E-state index in [9.17, 15) is 5.26 Å². The predicted octanol–water partition coefficient (Wildman–Crippen LogP) is 1.21. The van der Waals surface area contributed by atoms with Gasteiger partial charge in [0.2, 0.25) is 5.88 Å². The van der Waals surface area contributed by atoms with Crippen molar-refractivity contribution >= 4 is 5.69 Å². The molecule has 0 unspecified atom stereocenters. The SMILES string of the molecule is N#CC1=C(N)Oc2cc(N)ccc2[C@@H]1c1ncc[nH]1. The van der Waals surface area contributed by atoms with Crippen molar-refractivity contribution in [2.45, 2.75) is 5.92 Å². The van der Waals surface area contributed by atoms with Gasteiger partial charge in [0.1, 0.15) is 23.2 Å². The van der Waals surface area contributed by atoms with Crippen LogP contribution in [0.2, 0.25) is 0 Å². The molecule has 2 heterocycles. The van der Waals surface area contributed by atoms with Crippen LogP contribution in [0.4, 0.5) is 5.69 Å². The smallest absolute Gasteiger partial charge is 0.205 e. The summed E-state index contributed by atoms with van der Waals surface area (Å²) in [6, 6.07) is 7.35. The van der Waals surface area contributed by atoms with Crippen molar-refractivity contribution in [3.05, 3.63) is 53.4 Å². The molecule has 1 aromatic heterocycles. The van der Waals surface area contributed by atoms with Crippen LogP contribution in [0.1, 0.15) is 17.3 Å². The van der Waals surface area contributed by atoms with Crippen molar-refractivity contribution in [1.82, 2.24) is 9.97 Å². The topological polar surface area (TPSA) is 114 Å². The third-order valence-electron chi connectivity index (χ3n) is 3.04. The molecule has 0 saturated heterocycles. The highest BCUT2D eigenvalue weighted by atomic mass is 16.5. The second-order valence-electron chi connectivity index (χ2n) is 4.20. The Labute approximate surface area is 109 Å². The molecular formula is C13H11N5O. The van der Waals surface area contributed by atoms with Gasteiger partial charge in [0, 0.05) is 29.7 Å². The van der Waals surface area contributed by atoms with Crippen molar-refractivity contribution in [1.29, 1.82) is 5.26 Å². The number of imidazole rings is 1. The second kappa shape index (κ2) is 4.07. The molecule has 1 atom stereocenters. The standard InChI is InChI=1S/C13H11N5O/c14-6-9-11(13-17-3-4-18-13)8-2-1-7(15)5-10(8)19-12(9)16/h1-5,11H,15-16H2,(H,17,18)/t11-/m0/s1. The molecule has 0 radical (unpaired) electrons. The van der Waals surface area contributed by atoms with Crippen molar-refractivity contribution in [2.75, 3.05) is 5.73 Å². The van der Waals surface area contributed by atoms with Crippen LogP contribution in [-0.2, 0) is 0 Å². The normalized spacial score (nSPS) is 17.5. The maximum absolute atomic E-state index is 9.28. The Balaban J connectivity index is 2.23. The van der Waals surface area contributed by atoms with Crippen LogP contribution in [0.3, 0.4) is 0 Å². The number of nitrogens with one attached hydrogen (secondary N) is 1. The molecule has 0 amide bonds. The van der Waals surface area contributed by atoms with E-state index in [0.29, 0.717) is 22.8 Å². The fourth-order valence-electron chi connectivity index (χ4n) is 2.19. The number of hydrogen-bond acceptors (Lipinski definition) is 5. The molecule has 0 bridgehead atoms. The zero-order valence-electron chi connectivity index (χ0n) is 9.92. The summed E-state index contributed by atoms with van der Waals surface area (Å²) in [5, 5.41) is 9.28. The summed E-state index contributed by atoms with van der Waals surface area (Å²) in [6.07, 6.45) is 3.33. The number of hydrogen-bond donors (Lipinski definition) is 3. The quantitative estimate of drug-likeness (QED) is 0.661. The number of nitrogen functional groups attached to an aromatic ring is 1. The van der Waals surface area contributed by atoms with E-state index in [2.05, 4.69) is 16.0 Å². The minimum Gasteiger partial charge on any atom is -0.440 e. The first-order valence-corrected chi connectivity index (χ1v) is 5.67. The Morgan fingerprint density at radius 1 is 1.37 bits per heavy atom. The lowest BCUT2D eigenvalue weighted by Gasteiger charge is -2.24. The van der Waals surface area contributed by atoms with Gasteiger partial charge in [0.05, 0.1) is 5.92 Å². The van der Waals surface area contributed by atoms with Crippen LogP contribution in [0.25, 0.3) is 0 Å². The van der Waals surface area contributed by atoms with Gasteiger partial charge < -0.3 is 21.2 Å². The molecule has 94 valence electrons. The molecule has 0 saturated carbocycles. The number of nitrogens with two attached hydrogens (primary N) is 2. The summed E-state index contributed by atoms with van der Waals surface area (Å²) < 4.78 is 5.46. The largest absolute Gasteiger partial charge is 0.440 e. The summed E-state index contributed by atoms with van der Waals surface area (Å²) in [5.41, 5.74) is 13.3. The lowest BCUT2D eigenvalue weighted by molar-refractivity contribution is 0.392. The van der Waals surface area contributed by atoms with Gasteiger partial charge in [-0.25, -0.2) is 4.98 Å². The average molecular weight is 253 g/mol. The molecule has 3 rings (SSSR count). The van der Waals surface area contributed by atoms with Crippen molar-refractivity contribution in [3.8, 4) is 11.8 Å². The van der Waals surface area contributed by atoms with Gasteiger partial charge in [0.25, 0.3) is 0 Å². The fourth-order valence-corrected chi connectivity index (χ4v) is 2.19. The van der Waals surface area contributed by atoms with E-state index in [-0.39, 0.29) is 11.8 Å². The first-order chi connectivity index (χ1) is 9.20. The molecule has 1 aliphatic heterocycles. The summed E-state index contributed by atoms with van der Waals surface area (Å²) in [4.78, 5) is 7.22. The molecule has 5 N–H and O–H groups in total. The molecule has 2 aromatic rings. The molecule has 1 aliphatic rings. The van der Waals surface area contributed by atoms with Crippen LogP contribution in [0, 0.1) is 11.3 Å². The third kappa shape index (κ3) is 1.68. The van der Waals surface area contributed by atoms with E-state index in [1.165, 1.54) is 0 Å². The van der Waals surface area contributed by atoms with E-state index >= 15 is 0 Å². The van der Waals surface area contributed by atoms with Crippen LogP contribution in [0.5, 0.6) is 5.75 Å². The van der Waals surface area contributed by atoms with E-state index in [0.717, 1.165) is 5.56 Å². The number of anilines is 1. The molecule has 0 aliphatic carbocycles. The monoisotopic (exact) mass is 253 g/mol. The minimum atomic E-state index is -0.357. The zero-order valence-corrected chi connectivity index (χ0v) is 9.92. The first kappa shape index (κ1) is 11.2. The number of nitriles is 1. The van der Waals surface area contributed by atoms with E-state index < -0.39 is 0 Å². The summed E-state index contributed by atoms with van der Waals surface area (Å²) in [5.74, 6) is 0.929. The van der Waals surface area contributed by atoms with E-state index in [1.54, 1.807) is 24.5 Å². The van der Waals surface area contributed by atoms with E-state index in [4.69, 9.17) is 16.2 Å². The highest BCUT2D eigenvalue weighted by Crippen LogP contribution is 2.41. The number of fused-ring (bicyclic) bond motifs is 1. The van der Waals surface area contributed by atoms with Crippen LogP contribution < -0.4 is 16.2 Å². The Kier molecular flexibility index (Phi) is 2.39. The summed E-state index contributed by atoms with van der Waals surface area (Å²) in [7, 11) is 0. The number of rotatable bonds is 1. The van der Waals surface area contributed by atoms with Gasteiger partial charge in [-0.2, -0.15) is 5.26 Å². The summed E-state index contributed by atoms with van der Waals surface area (Å²) >= 11 is 0. The molecule has 6 heteroatoms. The van der Waals surface area contributed by atoms with Gasteiger partial charge in [-0.3, -0.25) is 0 Å². The second-order valence-corrected chi connectivity index (χ2v) is 4.20. The number of ether oxygens (including phenoxy) is 1. The number of allylic oxidation sites excluding steroid dienone is 1. The van der Waals surface area contributed by atoms with Crippen molar-refractivity contribution in [2.24, 2.45) is 5.73 Å². The van der Waals surface area contributed by atoms with E-state index in [1.807, 2.05) is 6.07 Å². The number of benzene rings is 1. The maximum atomic E-state index is 9.28. The molecule has 6 nitrogen and oxygen atoms in total. The van der Waals surface area contributed by atoms with Gasteiger partial charge in [0.15, 0.2) is 0 Å². The van der Waals surface area contributed by atoms with Gasteiger partial charge >= 0.3 is 0 Å². The molecular weight excluding hydrogens is 242 g/mol. The summed E-state index contributed by atoms with van der Waals surface area (Å²) in [6.45, 7) is 0. The molecule has 0 spiro atoms. The van der Waals surface area contributed by atoms with Gasteiger partial charge in [-0.05, 0) is 6.07 Å². The number of H-pyrrole nitrogens is 1. The van der Waals surface area contributed by atoms with Crippen molar-refractivity contribution in [3.63, 3.8) is 0 Å². The lowest BCUT2D eigenvalue weighted by atomic mass is 9.88. The number of aromatic amines is 1. The predicted molar refractivity (Wildman–Crippen MR) is 68.7 cm³/mol. The maximum Gasteiger partial charge on any atom is 0.205 e. The van der Waals surface area contributed by atoms with Crippen LogP contribution in [-0.4, -0.2) is 9.97 Å². The molecule has 0 fully saturated rings. The lowest BCUT2D eigenvalue weighted by Crippen LogP contribution is -2.21. The Morgan fingerprint density at radius 2 is 2.21 bits per heavy atom. The third-order valence-corrected chi connectivity index (χ3v) is 3.04. The first-order valence-electron chi connectivity index (χ1n) is 5.67. The van der Waals surface area contributed by atoms with Crippen LogP contribution in [0.15, 0.2) is 42.0 Å². The zero-order chi connectivity index (χ0) is 13.4. The number of nitrogens with zero attached hydrogens (tertiary/aromatic N) is 2. The molecule has 19 heavy (non-hydrogen) atoms. The van der Waals surface area contributed by atoms with Crippen LogP contribution >= 0.6 is 0 Å². The van der Waals surface area contributed by atoms with Gasteiger partial charge in [-0.15, -0.1) is 0 Å². The van der Waals surface area contributed by atoms with Gasteiger partial charge in [-0.1, -0.05) is 6.07 Å². The Hall–Kier alpha value is -2.94. The Bertz CT molecular complexity index is 696. The Morgan fingerprint density at radius 3 is 2.89 bits per heavy atom. The van der Waals surface area contributed by atoms with Crippen molar-refractivity contribution < 1.29 is 4.74 Å². The number of aromatic nitrogens is 2. The fraction of sp³-hybridized carbons (Fsp3) is 0.0769. The molecule has 1 aromatic carbocycles.